The second-order valence-electron chi connectivity index (χ2n) is 11.9. The molecule has 38 heavy (non-hydrogen) atoms. The molecule has 0 aliphatic carbocycles. The molecule has 8 heteroatoms. The first-order valence-electron chi connectivity index (χ1n) is 13.4. The van der Waals surface area contributed by atoms with E-state index in [1.54, 1.807) is 0 Å². The van der Waals surface area contributed by atoms with E-state index in [2.05, 4.69) is 25.7 Å². The van der Waals surface area contributed by atoms with Crippen molar-refractivity contribution >= 4 is 11.9 Å². The summed E-state index contributed by atoms with van der Waals surface area (Å²) in [4.78, 5) is 32.1. The van der Waals surface area contributed by atoms with Gasteiger partial charge in [0.25, 0.3) is 0 Å². The van der Waals surface area contributed by atoms with Gasteiger partial charge in [-0.15, -0.1) is 0 Å². The first kappa shape index (κ1) is 28.2. The molecule has 206 valence electrons. The zero-order chi connectivity index (χ0) is 27.8. The molecular weight excluding hydrogens is 488 g/mol. The molecule has 0 unspecified atom stereocenters. The number of nitrogens with zero attached hydrogens (tertiary/aromatic N) is 3. The van der Waals surface area contributed by atoms with Gasteiger partial charge in [0.2, 0.25) is 5.91 Å². The molecule has 0 spiro atoms. The van der Waals surface area contributed by atoms with Crippen molar-refractivity contribution in [1.82, 2.24) is 14.7 Å². The van der Waals surface area contributed by atoms with Crippen LogP contribution in [0.4, 0.5) is 8.78 Å². The Morgan fingerprint density at radius 1 is 1.05 bits per heavy atom. The van der Waals surface area contributed by atoms with E-state index < -0.39 is 29.6 Å². The lowest BCUT2D eigenvalue weighted by atomic mass is 9.87. The maximum absolute atomic E-state index is 14.9. The number of hydrogen-bond donors (Lipinski definition) is 1. The lowest BCUT2D eigenvalue weighted by Gasteiger charge is -2.43. The van der Waals surface area contributed by atoms with Crippen molar-refractivity contribution in [3.05, 3.63) is 70.8 Å². The van der Waals surface area contributed by atoms with E-state index in [9.17, 15) is 23.5 Å². The number of carbonyl (C=O) groups is 2. The topological polar surface area (TPSA) is 64.1 Å². The van der Waals surface area contributed by atoms with Crippen LogP contribution in [0.2, 0.25) is 0 Å². The molecule has 2 heterocycles. The summed E-state index contributed by atoms with van der Waals surface area (Å²) in [6, 6.07) is 10.6. The lowest BCUT2D eigenvalue weighted by Crippen LogP contribution is -2.59. The van der Waals surface area contributed by atoms with Crippen LogP contribution in [-0.4, -0.2) is 82.0 Å². The van der Waals surface area contributed by atoms with Gasteiger partial charge in [0.05, 0.1) is 5.92 Å². The van der Waals surface area contributed by atoms with E-state index >= 15 is 0 Å². The number of piperazine rings is 1. The summed E-state index contributed by atoms with van der Waals surface area (Å²) < 4.78 is 28.5. The minimum absolute atomic E-state index is 0.0526. The molecule has 4 rings (SSSR count). The second kappa shape index (κ2) is 11.1. The number of amides is 1. The summed E-state index contributed by atoms with van der Waals surface area (Å²) in [5.74, 6) is -3.04. The summed E-state index contributed by atoms with van der Waals surface area (Å²) in [5.41, 5.74) is 2.22. The molecule has 0 saturated carbocycles. The van der Waals surface area contributed by atoms with Crippen molar-refractivity contribution in [2.24, 2.45) is 5.92 Å². The summed E-state index contributed by atoms with van der Waals surface area (Å²) in [6.07, 6.45) is 0.396. The number of carboxylic acids is 1. The number of carbonyl (C=O) groups excluding carboxylic acids is 1. The van der Waals surface area contributed by atoms with Crippen molar-refractivity contribution < 1.29 is 23.5 Å². The first-order chi connectivity index (χ1) is 17.8. The molecule has 2 aliphatic heterocycles. The van der Waals surface area contributed by atoms with Crippen LogP contribution in [0.25, 0.3) is 0 Å². The van der Waals surface area contributed by atoms with Crippen LogP contribution in [0.3, 0.4) is 0 Å². The highest BCUT2D eigenvalue weighted by molar-refractivity contribution is 5.81. The minimum Gasteiger partial charge on any atom is -0.480 e. The Bertz CT molecular complexity index is 1180. The zero-order valence-corrected chi connectivity index (χ0v) is 23.0. The quantitative estimate of drug-likeness (QED) is 0.607. The minimum atomic E-state index is -0.873. The third-order valence-electron chi connectivity index (χ3n) is 8.13. The van der Waals surface area contributed by atoms with Gasteiger partial charge >= 0.3 is 5.97 Å². The van der Waals surface area contributed by atoms with Crippen molar-refractivity contribution in [1.29, 1.82) is 0 Å². The van der Waals surface area contributed by atoms with Gasteiger partial charge in [-0.1, -0.05) is 35.9 Å². The van der Waals surface area contributed by atoms with E-state index in [4.69, 9.17) is 0 Å². The summed E-state index contributed by atoms with van der Waals surface area (Å²) in [6.45, 7) is 12.4. The Morgan fingerprint density at radius 3 is 2.39 bits per heavy atom. The van der Waals surface area contributed by atoms with Gasteiger partial charge in [-0.05, 0) is 58.2 Å². The number of benzene rings is 2. The summed E-state index contributed by atoms with van der Waals surface area (Å²) in [7, 11) is 0. The van der Waals surface area contributed by atoms with Crippen LogP contribution in [0.15, 0.2) is 42.5 Å². The monoisotopic (exact) mass is 527 g/mol. The highest BCUT2D eigenvalue weighted by Crippen LogP contribution is 2.39. The van der Waals surface area contributed by atoms with Gasteiger partial charge in [-0.25, -0.2) is 8.78 Å². The van der Waals surface area contributed by atoms with Gasteiger partial charge in [-0.3, -0.25) is 19.4 Å². The third-order valence-corrected chi connectivity index (χ3v) is 8.13. The van der Waals surface area contributed by atoms with Gasteiger partial charge in [0.1, 0.15) is 17.7 Å². The van der Waals surface area contributed by atoms with E-state index in [0.717, 1.165) is 17.2 Å². The molecular formula is C30H39F2N3O3. The Balaban J connectivity index is 1.52. The van der Waals surface area contributed by atoms with Crippen LogP contribution >= 0.6 is 0 Å². The third kappa shape index (κ3) is 6.07. The molecule has 0 radical (unpaired) electrons. The molecule has 1 N–H and O–H groups in total. The Hall–Kier alpha value is -2.84. The largest absolute Gasteiger partial charge is 0.480 e. The molecule has 0 aromatic heterocycles. The van der Waals surface area contributed by atoms with Crippen LogP contribution in [-0.2, 0) is 16.0 Å². The van der Waals surface area contributed by atoms with Crippen LogP contribution in [0.5, 0.6) is 0 Å². The Morgan fingerprint density at radius 2 is 1.79 bits per heavy atom. The average Bonchev–Trinajstić information content (AvgIpc) is 3.28. The highest BCUT2D eigenvalue weighted by Gasteiger charge is 2.46. The standard InChI is InChI=1S/C30H39F2N3O3/c1-19-7-6-8-21(13-19)14-27(29(37)38)33-11-12-35(20(2)16-33)28(36)25-18-34(30(3,4)5)17-24(25)23-10-9-22(31)15-26(23)32/h6-10,13,15,20,24-25,27H,11-12,14,16-18H2,1-5H3,(H,37,38)/t20-,24-,25+,27-/m0/s1. The molecule has 4 atom stereocenters. The van der Waals surface area contributed by atoms with Gasteiger partial charge in [0, 0.05) is 56.3 Å². The van der Waals surface area contributed by atoms with E-state index in [-0.39, 0.29) is 23.4 Å². The molecule has 2 aromatic carbocycles. The number of likely N-dealkylation sites (tertiary alicyclic amines) is 1. The van der Waals surface area contributed by atoms with Crippen LogP contribution < -0.4 is 0 Å². The van der Waals surface area contributed by atoms with E-state index in [0.29, 0.717) is 44.7 Å². The number of carboxylic acid groups (broad SMARTS) is 1. The van der Waals surface area contributed by atoms with Gasteiger partial charge in [-0.2, -0.15) is 0 Å². The molecule has 1 amide bonds. The molecule has 0 bridgehead atoms. The molecule has 6 nitrogen and oxygen atoms in total. The zero-order valence-electron chi connectivity index (χ0n) is 23.0. The van der Waals surface area contributed by atoms with Gasteiger partial charge in [0.15, 0.2) is 0 Å². The van der Waals surface area contributed by atoms with Gasteiger partial charge < -0.3 is 10.0 Å². The summed E-state index contributed by atoms with van der Waals surface area (Å²) >= 11 is 0. The fraction of sp³-hybridized carbons (Fsp3) is 0.533. The lowest BCUT2D eigenvalue weighted by molar-refractivity contribution is -0.147. The maximum Gasteiger partial charge on any atom is 0.321 e. The highest BCUT2D eigenvalue weighted by atomic mass is 19.1. The Kier molecular flexibility index (Phi) is 8.23. The fourth-order valence-corrected chi connectivity index (χ4v) is 5.96. The first-order valence-corrected chi connectivity index (χ1v) is 13.4. The van der Waals surface area contributed by atoms with Crippen molar-refractivity contribution in [3.8, 4) is 0 Å². The second-order valence-corrected chi connectivity index (χ2v) is 11.9. The van der Waals surface area contributed by atoms with E-state index in [1.807, 2.05) is 47.9 Å². The number of halogens is 2. The Labute approximate surface area is 224 Å². The SMILES string of the molecule is Cc1cccc(C[C@@H](C(=O)O)N2CCN(C(=O)[C@@H]3CN(C(C)(C)C)C[C@H]3c3ccc(F)cc3F)[C@@H](C)C2)c1. The van der Waals surface area contributed by atoms with Crippen LogP contribution in [0.1, 0.15) is 50.3 Å². The predicted molar refractivity (Wildman–Crippen MR) is 143 cm³/mol. The van der Waals surface area contributed by atoms with Crippen molar-refractivity contribution in [2.45, 2.75) is 64.6 Å². The normalized spacial score (nSPS) is 24.0. The molecule has 2 fully saturated rings. The number of aryl methyl sites for hydroxylation is 1. The number of hydrogen-bond acceptors (Lipinski definition) is 4. The average molecular weight is 528 g/mol. The predicted octanol–water partition coefficient (Wildman–Crippen LogP) is 4.32. The smallest absolute Gasteiger partial charge is 0.321 e. The molecule has 2 aromatic rings. The van der Waals surface area contributed by atoms with E-state index in [1.165, 1.54) is 12.1 Å². The molecule has 2 aliphatic rings. The molecule has 2 saturated heterocycles. The van der Waals surface area contributed by atoms with Crippen LogP contribution in [0, 0.1) is 24.5 Å². The number of aliphatic carboxylic acids is 1. The number of rotatable bonds is 6. The summed E-state index contributed by atoms with van der Waals surface area (Å²) in [5, 5.41) is 10.0. The fourth-order valence-electron chi connectivity index (χ4n) is 5.96. The van der Waals surface area contributed by atoms with Crippen molar-refractivity contribution in [3.63, 3.8) is 0 Å². The maximum atomic E-state index is 14.9. The van der Waals surface area contributed by atoms with Crippen molar-refractivity contribution in [2.75, 3.05) is 32.7 Å².